The molecular formula is C12H20N4O2. The molecule has 0 aliphatic heterocycles. The number of nitrogens with one attached hydrogen (secondary N) is 1. The molecule has 5 N–H and O–H groups in total. The number of hydrogen-bond acceptors (Lipinski definition) is 5. The van der Waals surface area contributed by atoms with Crippen LogP contribution in [0.15, 0.2) is 18.2 Å². The van der Waals surface area contributed by atoms with Crippen molar-refractivity contribution in [1.82, 2.24) is 0 Å². The van der Waals surface area contributed by atoms with Crippen LogP contribution in [-0.4, -0.2) is 17.0 Å². The van der Waals surface area contributed by atoms with Crippen LogP contribution in [0.3, 0.4) is 0 Å². The van der Waals surface area contributed by atoms with E-state index in [2.05, 4.69) is 19.2 Å². The van der Waals surface area contributed by atoms with E-state index in [9.17, 15) is 10.1 Å². The molecule has 18 heavy (non-hydrogen) atoms. The molecule has 0 saturated heterocycles. The van der Waals surface area contributed by atoms with E-state index in [1.807, 2.05) is 6.92 Å². The molecule has 0 fully saturated rings. The second-order valence-corrected chi connectivity index (χ2v) is 4.93. The minimum absolute atomic E-state index is 0.0838. The highest BCUT2D eigenvalue weighted by Crippen LogP contribution is 2.28. The summed E-state index contributed by atoms with van der Waals surface area (Å²) < 4.78 is 0. The molecule has 1 aromatic rings. The fraction of sp³-hybridized carbons (Fsp3) is 0.500. The molecule has 0 spiro atoms. The van der Waals surface area contributed by atoms with E-state index in [1.54, 1.807) is 12.1 Å². The van der Waals surface area contributed by atoms with Gasteiger partial charge in [-0.25, -0.2) is 0 Å². The van der Waals surface area contributed by atoms with Crippen molar-refractivity contribution in [2.45, 2.75) is 26.3 Å². The Bertz CT molecular complexity index is 448. The molecule has 1 unspecified atom stereocenters. The van der Waals surface area contributed by atoms with Crippen LogP contribution in [0, 0.1) is 16.0 Å². The summed E-state index contributed by atoms with van der Waals surface area (Å²) in [5, 5.41) is 14.0. The maximum atomic E-state index is 10.7. The number of nitro benzene ring substituents is 1. The predicted octanol–water partition coefficient (Wildman–Crippen LogP) is 1.96. The molecule has 0 amide bonds. The lowest BCUT2D eigenvalue weighted by Gasteiger charge is -2.34. The summed E-state index contributed by atoms with van der Waals surface area (Å²) >= 11 is 0. The van der Waals surface area contributed by atoms with E-state index in [0.717, 1.165) is 5.69 Å². The molecule has 0 aliphatic rings. The Hall–Kier alpha value is -1.82. The van der Waals surface area contributed by atoms with Gasteiger partial charge in [0.1, 0.15) is 5.69 Å². The Balaban J connectivity index is 2.99. The third kappa shape index (κ3) is 2.89. The van der Waals surface area contributed by atoms with E-state index >= 15 is 0 Å². The second kappa shape index (κ2) is 5.22. The van der Waals surface area contributed by atoms with Crippen LogP contribution in [-0.2, 0) is 0 Å². The van der Waals surface area contributed by atoms with Crippen LogP contribution in [0.2, 0.25) is 0 Å². The summed E-state index contributed by atoms with van der Waals surface area (Å²) in [6.45, 7) is 6.60. The number of rotatable bonds is 5. The van der Waals surface area contributed by atoms with Crippen molar-refractivity contribution in [3.05, 3.63) is 28.3 Å². The van der Waals surface area contributed by atoms with Gasteiger partial charge in [0.05, 0.1) is 4.92 Å². The maximum absolute atomic E-state index is 10.7. The average molecular weight is 252 g/mol. The van der Waals surface area contributed by atoms with E-state index in [0.29, 0.717) is 12.5 Å². The fourth-order valence-electron chi connectivity index (χ4n) is 1.56. The van der Waals surface area contributed by atoms with Crippen LogP contribution in [0.4, 0.5) is 17.1 Å². The zero-order valence-electron chi connectivity index (χ0n) is 10.9. The van der Waals surface area contributed by atoms with E-state index in [4.69, 9.17) is 11.5 Å². The van der Waals surface area contributed by atoms with Crippen molar-refractivity contribution in [2.75, 3.05) is 17.6 Å². The first-order chi connectivity index (χ1) is 8.30. The summed E-state index contributed by atoms with van der Waals surface area (Å²) in [5.41, 5.74) is 11.9. The van der Waals surface area contributed by atoms with Crippen molar-refractivity contribution in [3.63, 3.8) is 0 Å². The Kier molecular flexibility index (Phi) is 4.13. The highest BCUT2D eigenvalue weighted by Gasteiger charge is 2.26. The van der Waals surface area contributed by atoms with Crippen molar-refractivity contribution in [2.24, 2.45) is 11.7 Å². The molecule has 1 atom stereocenters. The topological polar surface area (TPSA) is 107 Å². The van der Waals surface area contributed by atoms with Crippen LogP contribution >= 0.6 is 0 Å². The number of anilines is 2. The minimum atomic E-state index is -0.496. The molecule has 100 valence electrons. The smallest absolute Gasteiger partial charge is 0.292 e. The molecule has 0 heterocycles. The lowest BCUT2D eigenvalue weighted by molar-refractivity contribution is -0.383. The number of hydrogen-bond donors (Lipinski definition) is 3. The van der Waals surface area contributed by atoms with Gasteiger partial charge >= 0.3 is 0 Å². The zero-order valence-corrected chi connectivity index (χ0v) is 10.9. The van der Waals surface area contributed by atoms with Gasteiger partial charge in [-0.05, 0) is 25.0 Å². The van der Waals surface area contributed by atoms with Crippen molar-refractivity contribution in [1.29, 1.82) is 0 Å². The molecule has 0 saturated carbocycles. The molecule has 0 radical (unpaired) electrons. The number of nitrogens with two attached hydrogens (primary N) is 2. The number of nitro groups is 1. The van der Waals surface area contributed by atoms with Crippen LogP contribution < -0.4 is 16.8 Å². The van der Waals surface area contributed by atoms with Crippen LogP contribution in [0.5, 0.6) is 0 Å². The van der Waals surface area contributed by atoms with Gasteiger partial charge in [-0.15, -0.1) is 0 Å². The maximum Gasteiger partial charge on any atom is 0.292 e. The van der Waals surface area contributed by atoms with Gasteiger partial charge in [0.25, 0.3) is 5.69 Å². The number of benzene rings is 1. The molecule has 1 aromatic carbocycles. The minimum Gasteiger partial charge on any atom is -0.393 e. The second-order valence-electron chi connectivity index (χ2n) is 4.93. The molecular weight excluding hydrogens is 232 g/mol. The normalized spacial score (nSPS) is 14.3. The Labute approximate surface area is 107 Å². The van der Waals surface area contributed by atoms with Crippen LogP contribution in [0.25, 0.3) is 0 Å². The quantitative estimate of drug-likeness (QED) is 0.422. The molecule has 0 bridgehead atoms. The number of nitrogens with zero attached hydrogens (tertiary/aromatic N) is 1. The first-order valence-electron chi connectivity index (χ1n) is 5.82. The first kappa shape index (κ1) is 14.2. The first-order valence-corrected chi connectivity index (χ1v) is 5.82. The lowest BCUT2D eigenvalue weighted by atomic mass is 9.88. The molecule has 6 heteroatoms. The van der Waals surface area contributed by atoms with Gasteiger partial charge in [-0.3, -0.25) is 10.1 Å². The monoisotopic (exact) mass is 252 g/mol. The van der Waals surface area contributed by atoms with Crippen molar-refractivity contribution < 1.29 is 4.92 Å². The fourth-order valence-corrected chi connectivity index (χ4v) is 1.56. The summed E-state index contributed by atoms with van der Waals surface area (Å²) in [5.74, 6) is 0.318. The molecule has 1 rings (SSSR count). The van der Waals surface area contributed by atoms with Gasteiger partial charge < -0.3 is 16.8 Å². The third-order valence-electron chi connectivity index (χ3n) is 3.35. The Morgan fingerprint density at radius 2 is 2.11 bits per heavy atom. The Morgan fingerprint density at radius 1 is 1.50 bits per heavy atom. The summed E-state index contributed by atoms with van der Waals surface area (Å²) in [6, 6.07) is 4.61. The van der Waals surface area contributed by atoms with E-state index < -0.39 is 4.92 Å². The standard InChI is InChI=1S/C12H20N4O2/c1-8(2)12(3,7-13)15-9-4-5-11(16(17)18)10(14)6-9/h4-6,8,15H,7,13-14H2,1-3H3. The van der Waals surface area contributed by atoms with Crippen LogP contribution in [0.1, 0.15) is 20.8 Å². The van der Waals surface area contributed by atoms with Gasteiger partial charge in [-0.2, -0.15) is 0 Å². The predicted molar refractivity (Wildman–Crippen MR) is 73.4 cm³/mol. The third-order valence-corrected chi connectivity index (χ3v) is 3.35. The SMILES string of the molecule is CC(C)C(C)(CN)Nc1ccc([N+](=O)[O-])c(N)c1. The van der Waals surface area contributed by atoms with Crippen molar-refractivity contribution in [3.8, 4) is 0 Å². The molecule has 6 nitrogen and oxygen atoms in total. The summed E-state index contributed by atoms with van der Waals surface area (Å²) in [7, 11) is 0. The largest absolute Gasteiger partial charge is 0.393 e. The highest BCUT2D eigenvalue weighted by molar-refractivity contribution is 5.66. The lowest BCUT2D eigenvalue weighted by Crippen LogP contribution is -2.47. The van der Waals surface area contributed by atoms with E-state index in [1.165, 1.54) is 6.07 Å². The zero-order chi connectivity index (χ0) is 13.9. The highest BCUT2D eigenvalue weighted by atomic mass is 16.6. The Morgan fingerprint density at radius 3 is 2.50 bits per heavy atom. The molecule has 0 aromatic heterocycles. The summed E-state index contributed by atoms with van der Waals surface area (Å²) in [6.07, 6.45) is 0. The van der Waals surface area contributed by atoms with Gasteiger partial charge in [0, 0.05) is 23.8 Å². The van der Waals surface area contributed by atoms with E-state index in [-0.39, 0.29) is 16.9 Å². The summed E-state index contributed by atoms with van der Waals surface area (Å²) in [4.78, 5) is 10.2. The van der Waals surface area contributed by atoms with Crippen molar-refractivity contribution >= 4 is 17.1 Å². The average Bonchev–Trinajstić information content (AvgIpc) is 2.28. The van der Waals surface area contributed by atoms with Gasteiger partial charge in [-0.1, -0.05) is 13.8 Å². The molecule has 0 aliphatic carbocycles. The van der Waals surface area contributed by atoms with Gasteiger partial charge in [0.2, 0.25) is 0 Å². The van der Waals surface area contributed by atoms with Gasteiger partial charge in [0.15, 0.2) is 0 Å². The number of nitrogen functional groups attached to an aromatic ring is 1.